The van der Waals surface area contributed by atoms with Crippen molar-refractivity contribution >= 4 is 65.9 Å². The molecule has 0 saturated carbocycles. The van der Waals surface area contributed by atoms with Gasteiger partial charge < -0.3 is 14.0 Å². The number of fused-ring (bicyclic) bond motifs is 3. The second kappa shape index (κ2) is 9.96. The number of thioether (sulfide) groups is 1. The molecule has 8 nitrogen and oxygen atoms in total. The van der Waals surface area contributed by atoms with Crippen molar-refractivity contribution in [2.75, 3.05) is 23.0 Å². The van der Waals surface area contributed by atoms with Gasteiger partial charge in [-0.2, -0.15) is 4.57 Å². The van der Waals surface area contributed by atoms with Crippen LogP contribution in [0.1, 0.15) is 22.7 Å². The highest BCUT2D eigenvalue weighted by atomic mass is 32.2. The molecule has 34 heavy (non-hydrogen) atoms. The number of aryl methyl sites for hydroxylation is 2. The van der Waals surface area contributed by atoms with Crippen molar-refractivity contribution in [2.45, 2.75) is 31.2 Å². The van der Waals surface area contributed by atoms with E-state index in [1.165, 1.54) is 0 Å². The molecule has 0 bridgehead atoms. The Balaban J connectivity index is 1.69. The molecule has 0 N–H and O–H groups in total. The molecule has 4 rings (SSSR count). The highest BCUT2D eigenvalue weighted by molar-refractivity contribution is 8.04. The molecule has 2 aromatic carbocycles. The number of hydrogen-bond acceptors (Lipinski definition) is 9. The summed E-state index contributed by atoms with van der Waals surface area (Å²) in [5, 5.41) is 3.88. The van der Waals surface area contributed by atoms with Crippen molar-refractivity contribution in [3.8, 4) is 0 Å². The van der Waals surface area contributed by atoms with Gasteiger partial charge in [0, 0.05) is 34.8 Å². The molecule has 0 unspecified atom stereocenters. The molecular formula is C22H23N2O6S4-. The van der Waals surface area contributed by atoms with Crippen LogP contribution >= 0.6 is 23.1 Å². The van der Waals surface area contributed by atoms with Gasteiger partial charge in [-0.3, -0.25) is 0 Å². The maximum absolute atomic E-state index is 11.2. The van der Waals surface area contributed by atoms with Gasteiger partial charge >= 0.3 is 0 Å². The number of rotatable bonds is 9. The second-order valence-electron chi connectivity index (χ2n) is 7.97. The molecule has 2 heterocycles. The fraction of sp³-hybridized carbons (Fsp3) is 0.318. The van der Waals surface area contributed by atoms with Gasteiger partial charge in [0.25, 0.3) is 5.01 Å². The van der Waals surface area contributed by atoms with Crippen molar-refractivity contribution in [3.63, 3.8) is 0 Å². The monoisotopic (exact) mass is 539 g/mol. The Hall–Kier alpha value is -1.96. The molecule has 1 aliphatic heterocycles. The van der Waals surface area contributed by atoms with Crippen molar-refractivity contribution in [2.24, 2.45) is 0 Å². The Morgan fingerprint density at radius 1 is 1.00 bits per heavy atom. The number of aromatic nitrogens is 1. The summed E-state index contributed by atoms with van der Waals surface area (Å²) in [5.41, 5.74) is 0.981. The minimum absolute atomic E-state index is 0.192. The lowest BCUT2D eigenvalue weighted by molar-refractivity contribution is -0.693. The van der Waals surface area contributed by atoms with Crippen LogP contribution in [0.3, 0.4) is 0 Å². The summed E-state index contributed by atoms with van der Waals surface area (Å²) in [6, 6.07) is 12.0. The first-order valence-corrected chi connectivity index (χ1v) is 15.3. The zero-order valence-electron chi connectivity index (χ0n) is 18.3. The highest BCUT2D eigenvalue weighted by Gasteiger charge is 2.28. The summed E-state index contributed by atoms with van der Waals surface area (Å²) >= 11 is 3.11. The highest BCUT2D eigenvalue weighted by Crippen LogP contribution is 2.50. The first kappa shape index (κ1) is 25.1. The fourth-order valence-corrected chi connectivity index (χ4v) is 7.06. The summed E-state index contributed by atoms with van der Waals surface area (Å²) < 4.78 is 68.5. The van der Waals surface area contributed by atoms with Crippen LogP contribution in [0.4, 0.5) is 5.69 Å². The van der Waals surface area contributed by atoms with E-state index < -0.39 is 31.7 Å². The molecule has 3 aromatic rings. The van der Waals surface area contributed by atoms with Gasteiger partial charge in [-0.25, -0.2) is 16.8 Å². The number of hydrogen-bond donors (Lipinski definition) is 0. The molecule has 1 aliphatic rings. The van der Waals surface area contributed by atoms with Gasteiger partial charge in [-0.05, 0) is 24.8 Å². The number of thiazole rings is 1. The third kappa shape index (κ3) is 6.18. The average Bonchev–Trinajstić information content (AvgIpc) is 3.26. The van der Waals surface area contributed by atoms with Gasteiger partial charge in [0.2, 0.25) is 0 Å². The normalized spacial score (nSPS) is 15.4. The van der Waals surface area contributed by atoms with Crippen LogP contribution in [0.2, 0.25) is 0 Å². The van der Waals surface area contributed by atoms with E-state index in [2.05, 4.69) is 4.90 Å². The van der Waals surface area contributed by atoms with Gasteiger partial charge in [0.1, 0.15) is 0 Å². The molecule has 1 aromatic heterocycles. The van der Waals surface area contributed by atoms with E-state index in [9.17, 15) is 25.9 Å². The topological polar surface area (TPSA) is 122 Å². The van der Waals surface area contributed by atoms with Gasteiger partial charge in [-0.15, -0.1) is 0 Å². The summed E-state index contributed by atoms with van der Waals surface area (Å²) in [7, 11) is -8.59. The predicted octanol–water partition coefficient (Wildman–Crippen LogP) is 3.28. The molecule has 0 saturated heterocycles. The summed E-state index contributed by atoms with van der Waals surface area (Å²) in [6.07, 6.45) is 4.32. The van der Waals surface area contributed by atoms with Crippen LogP contribution < -0.4 is 9.47 Å². The quantitative estimate of drug-likeness (QED) is 0.300. The minimum atomic E-state index is -4.32. The van der Waals surface area contributed by atoms with Crippen LogP contribution in [0.15, 0.2) is 52.5 Å². The van der Waals surface area contributed by atoms with E-state index in [-0.39, 0.29) is 12.8 Å². The van der Waals surface area contributed by atoms with Crippen molar-refractivity contribution in [1.29, 1.82) is 0 Å². The third-order valence-corrected chi connectivity index (χ3v) is 8.98. The Labute approximate surface area is 207 Å². The maximum atomic E-state index is 11.2. The fourth-order valence-electron chi connectivity index (χ4n) is 3.94. The van der Waals surface area contributed by atoms with Crippen LogP contribution in [0, 0.1) is 6.92 Å². The Morgan fingerprint density at radius 2 is 1.71 bits per heavy atom. The van der Waals surface area contributed by atoms with E-state index in [0.717, 1.165) is 36.3 Å². The summed E-state index contributed by atoms with van der Waals surface area (Å²) in [4.78, 5) is 4.12. The Kier molecular flexibility index (Phi) is 7.36. The number of anilines is 1. The van der Waals surface area contributed by atoms with Gasteiger partial charge in [0.15, 0.2) is 12.7 Å². The van der Waals surface area contributed by atoms with Crippen LogP contribution in [0.5, 0.6) is 0 Å². The van der Waals surface area contributed by atoms with Crippen LogP contribution in [-0.4, -0.2) is 44.0 Å². The molecular weight excluding hydrogens is 517 g/mol. The molecule has 0 spiro atoms. The first-order valence-electron chi connectivity index (χ1n) is 10.6. The van der Waals surface area contributed by atoms with E-state index in [4.69, 9.17) is 0 Å². The van der Waals surface area contributed by atoms with E-state index in [1.807, 2.05) is 60.2 Å². The lowest BCUT2D eigenvalue weighted by atomic mass is 10.1. The summed E-state index contributed by atoms with van der Waals surface area (Å²) in [5.74, 6) is -0.865. The van der Waals surface area contributed by atoms with E-state index in [0.29, 0.717) is 13.1 Å². The smallest absolute Gasteiger partial charge is 0.264 e. The lowest BCUT2D eigenvalue weighted by Gasteiger charge is -2.22. The largest absolute Gasteiger partial charge is 0.748 e. The molecule has 0 radical (unpaired) electrons. The van der Waals surface area contributed by atoms with E-state index >= 15 is 0 Å². The number of nitrogens with zero attached hydrogens (tertiary/aromatic N) is 2. The predicted molar refractivity (Wildman–Crippen MR) is 133 cm³/mol. The van der Waals surface area contributed by atoms with Crippen LogP contribution in [0.25, 0.3) is 16.8 Å². The van der Waals surface area contributed by atoms with E-state index in [1.54, 1.807) is 23.1 Å². The Bertz CT molecular complexity index is 1460. The van der Waals surface area contributed by atoms with Crippen molar-refractivity contribution in [3.05, 3.63) is 57.5 Å². The Morgan fingerprint density at radius 3 is 2.44 bits per heavy atom. The first-order chi connectivity index (χ1) is 16.0. The third-order valence-electron chi connectivity index (χ3n) is 5.32. The zero-order valence-corrected chi connectivity index (χ0v) is 21.6. The minimum Gasteiger partial charge on any atom is -0.748 e. The maximum Gasteiger partial charge on any atom is 0.264 e. The molecule has 0 fully saturated rings. The zero-order chi connectivity index (χ0) is 24.5. The molecule has 0 atom stereocenters. The molecule has 182 valence electrons. The molecule has 0 amide bonds. The van der Waals surface area contributed by atoms with Crippen LogP contribution in [-0.2, 0) is 26.8 Å². The van der Waals surface area contributed by atoms with Gasteiger partial charge in [-0.1, -0.05) is 53.4 Å². The number of benzene rings is 2. The SMILES string of the molecule is Cc1c[n+](CCCS(=O)(=O)[O-])c(/C=C2\Sc3ccc4ccccc4c3N2CCCS(=O)(=O)[O-])s1. The summed E-state index contributed by atoms with van der Waals surface area (Å²) in [6.45, 7) is 2.70. The molecule has 12 heteroatoms. The second-order valence-corrected chi connectivity index (χ2v) is 13.3. The lowest BCUT2D eigenvalue weighted by Crippen LogP contribution is -2.35. The van der Waals surface area contributed by atoms with Crippen molar-refractivity contribution < 1.29 is 30.5 Å². The van der Waals surface area contributed by atoms with Crippen molar-refractivity contribution in [1.82, 2.24) is 0 Å². The standard InChI is InChI=1S/C22H24N2O6S4/c1-16-15-23(10-4-12-33(25,26)27)20(31-16)14-21-24(11-5-13-34(28,29)30)22-18-7-3-2-6-17(18)8-9-19(22)32-21/h2-3,6-9,14-15H,4-5,10-13H2,1H3,(H-,25,26,27,28,29,30)/p-1. The average molecular weight is 540 g/mol. The van der Waals surface area contributed by atoms with Gasteiger partial charge in [0.05, 0.1) is 41.9 Å². The molecule has 0 aliphatic carbocycles.